The van der Waals surface area contributed by atoms with Gasteiger partial charge in [0.15, 0.2) is 0 Å². The van der Waals surface area contributed by atoms with Gasteiger partial charge in [0.2, 0.25) is 5.91 Å². The minimum absolute atomic E-state index is 0.200. The largest absolute Gasteiger partial charge is 0.416 e. The van der Waals surface area contributed by atoms with Crippen LogP contribution in [0.2, 0.25) is 0 Å². The summed E-state index contributed by atoms with van der Waals surface area (Å²) in [5, 5.41) is 2.73. The molecule has 6 heteroatoms. The fourth-order valence-electron chi connectivity index (χ4n) is 2.46. The maximum Gasteiger partial charge on any atom is 0.416 e. The van der Waals surface area contributed by atoms with Crippen LogP contribution in [0.5, 0.6) is 0 Å². The molecule has 0 bridgehead atoms. The van der Waals surface area contributed by atoms with Crippen LogP contribution in [-0.2, 0) is 16.4 Å². The van der Waals surface area contributed by atoms with Crippen LogP contribution in [0.3, 0.4) is 0 Å². The molecule has 0 saturated heterocycles. The highest BCUT2D eigenvalue weighted by Gasteiger charge is 2.34. The molecule has 0 saturated carbocycles. The Morgan fingerprint density at radius 3 is 2.24 bits per heavy atom. The van der Waals surface area contributed by atoms with E-state index in [1.807, 2.05) is 30.3 Å². The smallest absolute Gasteiger partial charge is 0.353 e. The van der Waals surface area contributed by atoms with Crippen molar-refractivity contribution in [3.8, 4) is 0 Å². The van der Waals surface area contributed by atoms with Crippen molar-refractivity contribution in [3.05, 3.63) is 71.3 Å². The van der Waals surface area contributed by atoms with Gasteiger partial charge < -0.3 is 11.1 Å². The van der Waals surface area contributed by atoms with Gasteiger partial charge in [0, 0.05) is 12.6 Å². The third-order valence-corrected chi connectivity index (χ3v) is 4.19. The Kier molecular flexibility index (Phi) is 5.52. The number of rotatable bonds is 5. The summed E-state index contributed by atoms with van der Waals surface area (Å²) in [6, 6.07) is 13.7. The van der Waals surface area contributed by atoms with Gasteiger partial charge in [-0.3, -0.25) is 4.79 Å². The minimum Gasteiger partial charge on any atom is -0.353 e. The molecule has 3 N–H and O–H groups in total. The molecular weight excluding hydrogens is 329 g/mol. The number of amides is 1. The minimum atomic E-state index is -4.45. The van der Waals surface area contributed by atoms with Gasteiger partial charge >= 0.3 is 6.18 Å². The van der Waals surface area contributed by atoms with Crippen LogP contribution in [-0.4, -0.2) is 12.5 Å². The fraction of sp³-hybridized carbons (Fsp3) is 0.316. The first-order valence-corrected chi connectivity index (χ1v) is 7.89. The number of benzene rings is 2. The molecule has 1 unspecified atom stereocenters. The van der Waals surface area contributed by atoms with E-state index in [0.29, 0.717) is 5.56 Å². The average Bonchev–Trinajstić information content (AvgIpc) is 2.59. The normalized spacial score (nSPS) is 13.4. The zero-order chi connectivity index (χ0) is 18.7. The Morgan fingerprint density at radius 2 is 1.64 bits per heavy atom. The Morgan fingerprint density at radius 1 is 1.04 bits per heavy atom. The topological polar surface area (TPSA) is 55.1 Å². The molecule has 1 amide bonds. The Bertz CT molecular complexity index is 727. The molecule has 0 fully saturated rings. The van der Waals surface area contributed by atoms with Crippen molar-refractivity contribution in [1.29, 1.82) is 0 Å². The fourth-order valence-corrected chi connectivity index (χ4v) is 2.46. The highest BCUT2D eigenvalue weighted by Crippen LogP contribution is 2.32. The molecule has 0 radical (unpaired) electrons. The van der Waals surface area contributed by atoms with Crippen LogP contribution < -0.4 is 11.1 Å². The lowest BCUT2D eigenvalue weighted by atomic mass is 9.83. The molecule has 1 atom stereocenters. The molecule has 0 aliphatic carbocycles. The van der Waals surface area contributed by atoms with Gasteiger partial charge in [0.25, 0.3) is 0 Å². The second kappa shape index (κ2) is 7.27. The molecule has 3 nitrogen and oxygen atoms in total. The first kappa shape index (κ1) is 19.0. The van der Waals surface area contributed by atoms with Crippen LogP contribution >= 0.6 is 0 Å². The van der Waals surface area contributed by atoms with E-state index in [2.05, 4.69) is 5.32 Å². The summed E-state index contributed by atoms with van der Waals surface area (Å²) in [5.74, 6) is -0.377. The summed E-state index contributed by atoms with van der Waals surface area (Å²) in [7, 11) is 0. The molecule has 0 aliphatic heterocycles. The molecule has 2 aromatic carbocycles. The Hall–Kier alpha value is -2.34. The average molecular weight is 350 g/mol. The Labute approximate surface area is 145 Å². The van der Waals surface area contributed by atoms with Gasteiger partial charge in [-0.25, -0.2) is 0 Å². The van der Waals surface area contributed by atoms with E-state index in [9.17, 15) is 18.0 Å². The number of hydrogen-bond donors (Lipinski definition) is 2. The van der Waals surface area contributed by atoms with Gasteiger partial charge in [0.1, 0.15) is 0 Å². The zero-order valence-electron chi connectivity index (χ0n) is 14.1. The lowest BCUT2D eigenvalue weighted by Crippen LogP contribution is -2.43. The molecule has 0 aliphatic rings. The van der Waals surface area contributed by atoms with E-state index in [1.165, 1.54) is 12.1 Å². The van der Waals surface area contributed by atoms with Gasteiger partial charge in [-0.05, 0) is 31.0 Å². The lowest BCUT2D eigenvalue weighted by molar-refractivity contribution is -0.137. The van der Waals surface area contributed by atoms with E-state index >= 15 is 0 Å². The third kappa shape index (κ3) is 4.60. The maximum absolute atomic E-state index is 12.9. The predicted molar refractivity (Wildman–Crippen MR) is 90.9 cm³/mol. The first-order valence-electron chi connectivity index (χ1n) is 7.89. The van der Waals surface area contributed by atoms with Crippen LogP contribution in [0.1, 0.15) is 36.6 Å². The van der Waals surface area contributed by atoms with Crippen molar-refractivity contribution < 1.29 is 18.0 Å². The molecule has 0 aromatic heterocycles. The molecular formula is C19H21F3N2O. The van der Waals surface area contributed by atoms with Crippen LogP contribution in [0.4, 0.5) is 13.2 Å². The molecule has 0 heterocycles. The van der Waals surface area contributed by atoms with Gasteiger partial charge in [-0.2, -0.15) is 13.2 Å². The summed E-state index contributed by atoms with van der Waals surface area (Å²) in [5.41, 5.74) is 5.33. The van der Waals surface area contributed by atoms with Crippen LogP contribution in [0.15, 0.2) is 54.6 Å². The number of alkyl halides is 3. The number of nitrogens with one attached hydrogen (secondary N) is 1. The number of hydrogen-bond acceptors (Lipinski definition) is 2. The van der Waals surface area contributed by atoms with E-state index in [-0.39, 0.29) is 18.5 Å². The van der Waals surface area contributed by atoms with E-state index in [0.717, 1.165) is 17.7 Å². The maximum atomic E-state index is 12.9. The van der Waals surface area contributed by atoms with Crippen molar-refractivity contribution in [2.24, 2.45) is 5.73 Å². The number of carbonyl (C=O) groups excluding carboxylic acids is 1. The molecule has 0 spiro atoms. The van der Waals surface area contributed by atoms with Crippen LogP contribution in [0, 0.1) is 0 Å². The SMILES string of the molecule is CC(C)(C(=O)NCC(N)c1ccccc1)c1cccc(C(F)(F)F)c1. The van der Waals surface area contributed by atoms with E-state index < -0.39 is 17.2 Å². The van der Waals surface area contributed by atoms with E-state index in [4.69, 9.17) is 5.73 Å². The van der Waals surface area contributed by atoms with Crippen molar-refractivity contribution in [1.82, 2.24) is 5.32 Å². The van der Waals surface area contributed by atoms with Crippen molar-refractivity contribution in [2.75, 3.05) is 6.54 Å². The van der Waals surface area contributed by atoms with Crippen molar-refractivity contribution >= 4 is 5.91 Å². The first-order chi connectivity index (χ1) is 11.6. The number of nitrogens with two attached hydrogens (primary N) is 1. The summed E-state index contributed by atoms with van der Waals surface area (Å²) >= 11 is 0. The second-order valence-electron chi connectivity index (χ2n) is 6.43. The van der Waals surface area contributed by atoms with Crippen molar-refractivity contribution in [3.63, 3.8) is 0 Å². The Balaban J connectivity index is 2.10. The van der Waals surface area contributed by atoms with Gasteiger partial charge in [0.05, 0.1) is 11.0 Å². The second-order valence-corrected chi connectivity index (χ2v) is 6.43. The van der Waals surface area contributed by atoms with E-state index in [1.54, 1.807) is 13.8 Å². The van der Waals surface area contributed by atoms with Crippen LogP contribution in [0.25, 0.3) is 0 Å². The quantitative estimate of drug-likeness (QED) is 0.862. The molecule has 2 rings (SSSR count). The lowest BCUT2D eigenvalue weighted by Gasteiger charge is -2.26. The summed E-state index contributed by atoms with van der Waals surface area (Å²) in [6.45, 7) is 3.38. The number of carbonyl (C=O) groups is 1. The monoisotopic (exact) mass is 350 g/mol. The third-order valence-electron chi connectivity index (χ3n) is 4.19. The van der Waals surface area contributed by atoms with Crippen molar-refractivity contribution in [2.45, 2.75) is 31.5 Å². The molecule has 25 heavy (non-hydrogen) atoms. The summed E-state index contributed by atoms with van der Waals surface area (Å²) in [6.07, 6.45) is -4.45. The van der Waals surface area contributed by atoms with Gasteiger partial charge in [-0.1, -0.05) is 48.5 Å². The predicted octanol–water partition coefficient (Wildman–Crippen LogP) is 3.80. The molecule has 134 valence electrons. The zero-order valence-corrected chi connectivity index (χ0v) is 14.1. The highest BCUT2D eigenvalue weighted by molar-refractivity contribution is 5.87. The standard InChI is InChI=1S/C19H21F3N2O/c1-18(2,14-9-6-10-15(11-14)19(20,21)22)17(25)24-12-16(23)13-7-4-3-5-8-13/h3-11,16H,12,23H2,1-2H3,(H,24,25). The number of halogens is 3. The summed E-state index contributed by atoms with van der Waals surface area (Å²) in [4.78, 5) is 12.5. The highest BCUT2D eigenvalue weighted by atomic mass is 19.4. The summed E-state index contributed by atoms with van der Waals surface area (Å²) < 4.78 is 38.6. The van der Waals surface area contributed by atoms with Gasteiger partial charge in [-0.15, -0.1) is 0 Å². The molecule has 2 aromatic rings.